The molecule has 2 heterocycles. The van der Waals surface area contributed by atoms with Crippen LogP contribution in [0.5, 0.6) is 5.75 Å². The number of ether oxygens (including phenoxy) is 1. The zero-order chi connectivity index (χ0) is 21.8. The maximum absolute atomic E-state index is 12.2. The van der Waals surface area contributed by atoms with Crippen molar-refractivity contribution in [3.8, 4) is 11.4 Å². The zero-order valence-electron chi connectivity index (χ0n) is 17.2. The maximum Gasteiger partial charge on any atom is 0.277 e. The van der Waals surface area contributed by atoms with Crippen molar-refractivity contribution in [1.29, 1.82) is 0 Å². The Morgan fingerprint density at radius 2 is 1.78 bits per heavy atom. The Bertz CT molecular complexity index is 1430. The number of hydrogen-bond acceptors (Lipinski definition) is 4. The van der Waals surface area contributed by atoms with Gasteiger partial charge in [0.2, 0.25) is 0 Å². The molecular formula is C26H20N4O2. The predicted molar refractivity (Wildman–Crippen MR) is 126 cm³/mol. The molecule has 0 radical (unpaired) electrons. The number of benzene rings is 3. The van der Waals surface area contributed by atoms with E-state index in [2.05, 4.69) is 45.8 Å². The molecule has 1 amide bonds. The van der Waals surface area contributed by atoms with Crippen LogP contribution in [0.25, 0.3) is 27.4 Å². The molecule has 0 unspecified atom stereocenters. The number of fused-ring (bicyclic) bond motifs is 2. The van der Waals surface area contributed by atoms with Crippen molar-refractivity contribution in [2.24, 2.45) is 5.10 Å². The lowest BCUT2D eigenvalue weighted by molar-refractivity contribution is -0.123. The number of nitrogens with one attached hydrogen (secondary N) is 1. The van der Waals surface area contributed by atoms with E-state index in [0.29, 0.717) is 5.75 Å². The first-order valence-corrected chi connectivity index (χ1v) is 10.2. The van der Waals surface area contributed by atoms with Crippen LogP contribution in [0.3, 0.4) is 0 Å². The monoisotopic (exact) mass is 420 g/mol. The lowest BCUT2D eigenvalue weighted by Crippen LogP contribution is -2.24. The van der Waals surface area contributed by atoms with Crippen LogP contribution in [0.2, 0.25) is 0 Å². The molecule has 0 saturated heterocycles. The van der Waals surface area contributed by atoms with Gasteiger partial charge in [-0.25, -0.2) is 5.43 Å². The molecule has 5 aromatic rings. The van der Waals surface area contributed by atoms with Crippen molar-refractivity contribution in [1.82, 2.24) is 15.0 Å². The average molecular weight is 420 g/mol. The third-order valence-corrected chi connectivity index (χ3v) is 5.13. The Kier molecular flexibility index (Phi) is 5.32. The first kappa shape index (κ1) is 19.5. The Hall–Kier alpha value is -4.45. The van der Waals surface area contributed by atoms with E-state index in [1.165, 1.54) is 5.39 Å². The fourth-order valence-corrected chi connectivity index (χ4v) is 3.60. The van der Waals surface area contributed by atoms with Crippen LogP contribution in [-0.2, 0) is 4.79 Å². The number of nitrogens with zero attached hydrogens (tertiary/aromatic N) is 3. The molecular weight excluding hydrogens is 400 g/mol. The van der Waals surface area contributed by atoms with E-state index in [1.807, 2.05) is 59.3 Å². The highest BCUT2D eigenvalue weighted by Crippen LogP contribution is 2.23. The molecule has 156 valence electrons. The SMILES string of the molecule is O=C(COc1cccc2cccnc12)N/N=C/c1cccn1-c1ccc2ccccc2c1. The molecule has 0 aliphatic heterocycles. The quantitative estimate of drug-likeness (QED) is 0.320. The van der Waals surface area contributed by atoms with Gasteiger partial charge in [-0.3, -0.25) is 9.78 Å². The summed E-state index contributed by atoms with van der Waals surface area (Å²) in [6, 6.07) is 27.8. The second-order valence-electron chi connectivity index (χ2n) is 7.25. The molecule has 0 spiro atoms. The third kappa shape index (κ3) is 4.06. The summed E-state index contributed by atoms with van der Waals surface area (Å²) in [6.45, 7) is -0.154. The molecule has 3 aromatic carbocycles. The number of para-hydroxylation sites is 1. The topological polar surface area (TPSA) is 68.5 Å². The summed E-state index contributed by atoms with van der Waals surface area (Å²) in [5.74, 6) is 0.213. The Balaban J connectivity index is 1.24. The van der Waals surface area contributed by atoms with Gasteiger partial charge in [0.1, 0.15) is 11.3 Å². The third-order valence-electron chi connectivity index (χ3n) is 5.13. The second kappa shape index (κ2) is 8.73. The summed E-state index contributed by atoms with van der Waals surface area (Å²) in [5.41, 5.74) is 5.11. The van der Waals surface area contributed by atoms with E-state index >= 15 is 0 Å². The molecule has 0 aliphatic carbocycles. The van der Waals surface area contributed by atoms with Gasteiger partial charge in [0.05, 0.1) is 11.9 Å². The van der Waals surface area contributed by atoms with Crippen LogP contribution in [0.15, 0.2) is 102 Å². The lowest BCUT2D eigenvalue weighted by atomic mass is 10.1. The predicted octanol–water partition coefficient (Wildman–Crippen LogP) is 4.71. The van der Waals surface area contributed by atoms with E-state index in [0.717, 1.165) is 27.7 Å². The normalized spacial score (nSPS) is 11.2. The van der Waals surface area contributed by atoms with Crippen molar-refractivity contribution in [2.45, 2.75) is 0 Å². The van der Waals surface area contributed by atoms with Crippen LogP contribution >= 0.6 is 0 Å². The van der Waals surface area contributed by atoms with Crippen LogP contribution in [0, 0.1) is 0 Å². The van der Waals surface area contributed by atoms with Gasteiger partial charge in [-0.05, 0) is 47.2 Å². The second-order valence-corrected chi connectivity index (χ2v) is 7.25. The van der Waals surface area contributed by atoms with Gasteiger partial charge >= 0.3 is 0 Å². The molecule has 6 nitrogen and oxygen atoms in total. The Morgan fingerprint density at radius 3 is 2.72 bits per heavy atom. The summed E-state index contributed by atoms with van der Waals surface area (Å²) in [7, 11) is 0. The number of amides is 1. The minimum atomic E-state index is -0.349. The molecule has 5 rings (SSSR count). The lowest BCUT2D eigenvalue weighted by Gasteiger charge is -2.08. The molecule has 0 aliphatic rings. The van der Waals surface area contributed by atoms with Crippen LogP contribution < -0.4 is 10.2 Å². The summed E-state index contributed by atoms with van der Waals surface area (Å²) >= 11 is 0. The Labute approximate surface area is 184 Å². The van der Waals surface area contributed by atoms with E-state index in [1.54, 1.807) is 18.5 Å². The number of carbonyl (C=O) groups excluding carboxylic acids is 1. The Morgan fingerprint density at radius 1 is 0.938 bits per heavy atom. The van der Waals surface area contributed by atoms with E-state index in [9.17, 15) is 4.79 Å². The van der Waals surface area contributed by atoms with Gasteiger partial charge in [-0.15, -0.1) is 0 Å². The molecule has 0 fully saturated rings. The van der Waals surface area contributed by atoms with Gasteiger partial charge in [0, 0.05) is 23.5 Å². The van der Waals surface area contributed by atoms with Crippen LogP contribution in [-0.4, -0.2) is 28.3 Å². The summed E-state index contributed by atoms with van der Waals surface area (Å²) < 4.78 is 7.66. The highest BCUT2D eigenvalue weighted by molar-refractivity contribution is 5.87. The van der Waals surface area contributed by atoms with Crippen molar-refractivity contribution in [3.05, 3.63) is 103 Å². The number of carbonyl (C=O) groups is 1. The van der Waals surface area contributed by atoms with Crippen LogP contribution in [0.1, 0.15) is 5.69 Å². The summed E-state index contributed by atoms with van der Waals surface area (Å²) in [5, 5.41) is 7.40. The minimum absolute atomic E-state index is 0.154. The molecule has 0 saturated carbocycles. The maximum atomic E-state index is 12.2. The molecule has 6 heteroatoms. The number of aromatic nitrogens is 2. The molecule has 0 atom stereocenters. The largest absolute Gasteiger partial charge is 0.481 e. The van der Waals surface area contributed by atoms with Gasteiger partial charge < -0.3 is 9.30 Å². The standard InChI is InChI=1S/C26H20N4O2/c31-25(18-32-24-11-3-8-20-9-4-14-27-26(20)24)29-28-17-23-10-5-15-30(23)22-13-12-19-6-1-2-7-21(19)16-22/h1-17H,18H2,(H,29,31)/b28-17+. The fourth-order valence-electron chi connectivity index (χ4n) is 3.60. The van der Waals surface area contributed by atoms with Crippen molar-refractivity contribution in [2.75, 3.05) is 6.61 Å². The van der Waals surface area contributed by atoms with Crippen LogP contribution in [0.4, 0.5) is 0 Å². The molecule has 2 aromatic heterocycles. The minimum Gasteiger partial charge on any atom is -0.481 e. The molecule has 32 heavy (non-hydrogen) atoms. The highest BCUT2D eigenvalue weighted by Gasteiger charge is 2.07. The number of rotatable bonds is 6. The van der Waals surface area contributed by atoms with Crippen molar-refractivity contribution < 1.29 is 9.53 Å². The summed E-state index contributed by atoms with van der Waals surface area (Å²) in [4.78, 5) is 16.5. The molecule has 1 N–H and O–H groups in total. The van der Waals surface area contributed by atoms with E-state index in [-0.39, 0.29) is 12.5 Å². The van der Waals surface area contributed by atoms with Crippen molar-refractivity contribution >= 4 is 33.8 Å². The van der Waals surface area contributed by atoms with Crippen molar-refractivity contribution in [3.63, 3.8) is 0 Å². The highest BCUT2D eigenvalue weighted by atomic mass is 16.5. The first-order chi connectivity index (χ1) is 15.8. The van der Waals surface area contributed by atoms with Gasteiger partial charge in [-0.2, -0.15) is 5.10 Å². The number of hydrazone groups is 1. The van der Waals surface area contributed by atoms with Gasteiger partial charge in [0.25, 0.3) is 5.91 Å². The van der Waals surface area contributed by atoms with Gasteiger partial charge in [0.15, 0.2) is 6.61 Å². The zero-order valence-corrected chi connectivity index (χ0v) is 17.2. The summed E-state index contributed by atoms with van der Waals surface area (Å²) in [6.07, 6.45) is 5.28. The smallest absolute Gasteiger partial charge is 0.277 e. The number of hydrogen-bond donors (Lipinski definition) is 1. The average Bonchev–Trinajstić information content (AvgIpc) is 3.31. The first-order valence-electron chi connectivity index (χ1n) is 10.2. The molecule has 0 bridgehead atoms. The fraction of sp³-hybridized carbons (Fsp3) is 0.0385. The van der Waals surface area contributed by atoms with E-state index in [4.69, 9.17) is 4.74 Å². The van der Waals surface area contributed by atoms with E-state index < -0.39 is 0 Å². The van der Waals surface area contributed by atoms with Gasteiger partial charge in [-0.1, -0.05) is 48.5 Å². The number of pyridine rings is 1.